The Hall–Kier alpha value is -1.62. The number of nitro groups is 1. The summed E-state index contributed by atoms with van der Waals surface area (Å²) in [5.41, 5.74) is 1.32. The summed E-state index contributed by atoms with van der Waals surface area (Å²) in [6.07, 6.45) is 4.16. The Balaban J connectivity index is 2.19. The second-order valence-electron chi connectivity index (χ2n) is 6.02. The molecule has 1 aromatic rings. The molecule has 2 N–H and O–H groups in total. The number of rotatable bonds is 4. The van der Waals surface area contributed by atoms with Crippen LogP contribution in [0.4, 0.5) is 11.4 Å². The molecule has 2 atom stereocenters. The number of nitrogens with zero attached hydrogens (tertiary/aromatic N) is 1. The first-order chi connectivity index (χ1) is 9.46. The van der Waals surface area contributed by atoms with Crippen molar-refractivity contribution in [3.05, 3.63) is 33.9 Å². The maximum atomic E-state index is 10.8. The van der Waals surface area contributed by atoms with Gasteiger partial charge in [-0.25, -0.2) is 0 Å². The van der Waals surface area contributed by atoms with E-state index in [-0.39, 0.29) is 22.8 Å². The Morgan fingerprint density at radius 3 is 2.85 bits per heavy atom. The third kappa shape index (κ3) is 3.10. The van der Waals surface area contributed by atoms with Crippen molar-refractivity contribution in [1.82, 2.24) is 0 Å². The quantitative estimate of drug-likeness (QED) is 0.654. The van der Waals surface area contributed by atoms with Gasteiger partial charge in [0.15, 0.2) is 0 Å². The molecule has 110 valence electrons. The van der Waals surface area contributed by atoms with E-state index in [4.69, 9.17) is 0 Å². The molecule has 0 heterocycles. The van der Waals surface area contributed by atoms with E-state index in [1.807, 2.05) is 0 Å². The number of aryl methyl sites for hydroxylation is 1. The topological polar surface area (TPSA) is 75.4 Å². The van der Waals surface area contributed by atoms with Gasteiger partial charge in [0.05, 0.1) is 17.1 Å². The zero-order chi connectivity index (χ0) is 14.8. The summed E-state index contributed by atoms with van der Waals surface area (Å²) in [5.74, 6) is 0.586. The number of nitrogens with one attached hydrogen (secondary N) is 1. The molecule has 1 aliphatic rings. The molecule has 1 saturated carbocycles. The van der Waals surface area contributed by atoms with Gasteiger partial charge in [-0.05, 0) is 37.8 Å². The number of aliphatic hydroxyl groups excluding tert-OH is 1. The Kier molecular flexibility index (Phi) is 4.28. The van der Waals surface area contributed by atoms with Crippen LogP contribution < -0.4 is 5.32 Å². The van der Waals surface area contributed by atoms with Crippen LogP contribution in [-0.4, -0.2) is 22.2 Å². The molecular formula is C15H22N2O3. The maximum absolute atomic E-state index is 10.8. The van der Waals surface area contributed by atoms with Crippen LogP contribution in [0.3, 0.4) is 0 Å². The zero-order valence-corrected chi connectivity index (χ0v) is 12.1. The lowest BCUT2D eigenvalue weighted by molar-refractivity contribution is -0.385. The molecule has 1 fully saturated rings. The summed E-state index contributed by atoms with van der Waals surface area (Å²) in [7, 11) is 0. The van der Waals surface area contributed by atoms with Crippen molar-refractivity contribution in [2.24, 2.45) is 5.92 Å². The zero-order valence-electron chi connectivity index (χ0n) is 12.1. The van der Waals surface area contributed by atoms with E-state index in [1.54, 1.807) is 19.1 Å². The summed E-state index contributed by atoms with van der Waals surface area (Å²) in [4.78, 5) is 10.5. The van der Waals surface area contributed by atoms with Crippen molar-refractivity contribution < 1.29 is 10.0 Å². The van der Waals surface area contributed by atoms with Crippen LogP contribution in [0, 0.1) is 23.0 Å². The number of hydrogen-bond acceptors (Lipinski definition) is 4. The van der Waals surface area contributed by atoms with Crippen LogP contribution in [0.25, 0.3) is 0 Å². The van der Waals surface area contributed by atoms with Crippen LogP contribution in [0.5, 0.6) is 0 Å². The van der Waals surface area contributed by atoms with Gasteiger partial charge in [0, 0.05) is 17.3 Å². The number of nitro benzene ring substituents is 1. The van der Waals surface area contributed by atoms with Gasteiger partial charge < -0.3 is 10.4 Å². The highest BCUT2D eigenvalue weighted by atomic mass is 16.6. The molecule has 2 unspecified atom stereocenters. The highest BCUT2D eigenvalue weighted by molar-refractivity contribution is 5.55. The molecule has 2 rings (SSSR count). The van der Waals surface area contributed by atoms with Crippen molar-refractivity contribution in [1.29, 1.82) is 0 Å². The standard InChI is InChI=1S/C15H22N2O3/c1-11-4-3-7-15(9-11,10-18)16-13-5-6-14(17(19)20)12(2)8-13/h5-6,8,11,16,18H,3-4,7,9-10H2,1-2H3. The molecular weight excluding hydrogens is 256 g/mol. The summed E-state index contributed by atoms with van der Waals surface area (Å²) < 4.78 is 0. The van der Waals surface area contributed by atoms with E-state index in [1.165, 1.54) is 12.5 Å². The van der Waals surface area contributed by atoms with Crippen LogP contribution in [0.1, 0.15) is 38.2 Å². The number of aliphatic hydroxyl groups is 1. The SMILES string of the molecule is Cc1cc(NC2(CO)CCCC(C)C2)ccc1[N+](=O)[O-]. The molecule has 0 radical (unpaired) electrons. The van der Waals surface area contributed by atoms with Crippen LogP contribution >= 0.6 is 0 Å². The molecule has 0 bridgehead atoms. The van der Waals surface area contributed by atoms with Gasteiger partial charge in [-0.15, -0.1) is 0 Å². The average molecular weight is 278 g/mol. The summed E-state index contributed by atoms with van der Waals surface area (Å²) in [6, 6.07) is 5.03. The normalized spacial score (nSPS) is 26.2. The van der Waals surface area contributed by atoms with Gasteiger partial charge in [-0.1, -0.05) is 19.8 Å². The predicted molar refractivity (Wildman–Crippen MR) is 78.9 cm³/mol. The monoisotopic (exact) mass is 278 g/mol. The Bertz CT molecular complexity index is 504. The number of benzene rings is 1. The van der Waals surface area contributed by atoms with Crippen molar-refractivity contribution in [2.45, 2.75) is 45.1 Å². The van der Waals surface area contributed by atoms with E-state index in [0.717, 1.165) is 24.9 Å². The van der Waals surface area contributed by atoms with Gasteiger partial charge in [0.2, 0.25) is 0 Å². The van der Waals surface area contributed by atoms with E-state index in [9.17, 15) is 15.2 Å². The lowest BCUT2D eigenvalue weighted by Gasteiger charge is -2.40. The van der Waals surface area contributed by atoms with E-state index in [0.29, 0.717) is 11.5 Å². The molecule has 0 aromatic heterocycles. The smallest absolute Gasteiger partial charge is 0.272 e. The molecule has 0 aliphatic heterocycles. The highest BCUT2D eigenvalue weighted by Gasteiger charge is 2.34. The number of hydrogen-bond donors (Lipinski definition) is 2. The van der Waals surface area contributed by atoms with Gasteiger partial charge in [-0.3, -0.25) is 10.1 Å². The maximum Gasteiger partial charge on any atom is 0.272 e. The Morgan fingerprint density at radius 1 is 1.55 bits per heavy atom. The lowest BCUT2D eigenvalue weighted by Crippen LogP contribution is -2.45. The van der Waals surface area contributed by atoms with Crippen molar-refractivity contribution in [3.63, 3.8) is 0 Å². The molecule has 1 aromatic carbocycles. The molecule has 0 amide bonds. The van der Waals surface area contributed by atoms with Gasteiger partial charge >= 0.3 is 0 Å². The molecule has 20 heavy (non-hydrogen) atoms. The second kappa shape index (κ2) is 5.79. The largest absolute Gasteiger partial charge is 0.394 e. The van der Waals surface area contributed by atoms with Crippen molar-refractivity contribution >= 4 is 11.4 Å². The van der Waals surface area contributed by atoms with Gasteiger partial charge in [0.1, 0.15) is 0 Å². The average Bonchev–Trinajstić information content (AvgIpc) is 2.38. The summed E-state index contributed by atoms with van der Waals surface area (Å²) in [5, 5.41) is 24.0. The fourth-order valence-electron chi connectivity index (χ4n) is 3.20. The van der Waals surface area contributed by atoms with Crippen LogP contribution in [-0.2, 0) is 0 Å². The highest BCUT2D eigenvalue weighted by Crippen LogP contribution is 2.35. The molecule has 5 heteroatoms. The lowest BCUT2D eigenvalue weighted by atomic mass is 9.76. The van der Waals surface area contributed by atoms with E-state index >= 15 is 0 Å². The van der Waals surface area contributed by atoms with Crippen molar-refractivity contribution in [2.75, 3.05) is 11.9 Å². The third-order valence-corrected chi connectivity index (χ3v) is 4.20. The molecule has 1 aliphatic carbocycles. The van der Waals surface area contributed by atoms with E-state index < -0.39 is 0 Å². The second-order valence-corrected chi connectivity index (χ2v) is 6.02. The molecule has 5 nitrogen and oxygen atoms in total. The van der Waals surface area contributed by atoms with E-state index in [2.05, 4.69) is 12.2 Å². The number of anilines is 1. The minimum absolute atomic E-state index is 0.0906. The fourth-order valence-corrected chi connectivity index (χ4v) is 3.20. The Labute approximate surface area is 119 Å². The first-order valence-electron chi connectivity index (χ1n) is 7.10. The Morgan fingerprint density at radius 2 is 2.30 bits per heavy atom. The van der Waals surface area contributed by atoms with Crippen LogP contribution in [0.2, 0.25) is 0 Å². The molecule has 0 spiro atoms. The van der Waals surface area contributed by atoms with Crippen LogP contribution in [0.15, 0.2) is 18.2 Å². The summed E-state index contributed by atoms with van der Waals surface area (Å²) >= 11 is 0. The molecule has 0 saturated heterocycles. The minimum Gasteiger partial charge on any atom is -0.394 e. The first-order valence-corrected chi connectivity index (χ1v) is 7.10. The summed E-state index contributed by atoms with van der Waals surface area (Å²) in [6.45, 7) is 4.03. The van der Waals surface area contributed by atoms with Crippen molar-refractivity contribution in [3.8, 4) is 0 Å². The van der Waals surface area contributed by atoms with Gasteiger partial charge in [-0.2, -0.15) is 0 Å². The van der Waals surface area contributed by atoms with Gasteiger partial charge in [0.25, 0.3) is 5.69 Å². The first kappa shape index (κ1) is 14.8. The fraction of sp³-hybridized carbons (Fsp3) is 0.600. The predicted octanol–water partition coefficient (Wildman–Crippen LogP) is 3.26. The minimum atomic E-state index is -0.371. The third-order valence-electron chi connectivity index (χ3n) is 4.20.